The van der Waals surface area contributed by atoms with Crippen LogP contribution >= 0.6 is 23.1 Å². The van der Waals surface area contributed by atoms with Crippen LogP contribution in [0.15, 0.2) is 15.7 Å². The molecule has 0 amide bonds. The fraction of sp³-hybridized carbons (Fsp3) is 0.429. The fourth-order valence-electron chi connectivity index (χ4n) is 0.645. The van der Waals surface area contributed by atoms with Gasteiger partial charge in [-0.15, -0.1) is 23.1 Å². The molecule has 10 heavy (non-hydrogen) atoms. The van der Waals surface area contributed by atoms with E-state index in [1.807, 2.05) is 0 Å². The van der Waals surface area contributed by atoms with E-state index in [-0.39, 0.29) is 6.61 Å². The van der Waals surface area contributed by atoms with Crippen molar-refractivity contribution in [3.8, 4) is 0 Å². The van der Waals surface area contributed by atoms with E-state index in [2.05, 4.69) is 18.4 Å². The van der Waals surface area contributed by atoms with Crippen molar-refractivity contribution in [2.24, 2.45) is 0 Å². The van der Waals surface area contributed by atoms with Crippen LogP contribution in [0, 0.1) is 6.92 Å². The first-order chi connectivity index (χ1) is 4.84. The summed E-state index contributed by atoms with van der Waals surface area (Å²) in [7, 11) is 0. The number of aliphatic hydroxyl groups is 1. The Labute approximate surface area is 69.1 Å². The Morgan fingerprint density at radius 2 is 2.50 bits per heavy atom. The molecular formula is C7H10OS2. The van der Waals surface area contributed by atoms with Gasteiger partial charge in [0.15, 0.2) is 0 Å². The van der Waals surface area contributed by atoms with Gasteiger partial charge < -0.3 is 5.11 Å². The molecule has 0 aliphatic carbocycles. The zero-order chi connectivity index (χ0) is 7.40. The van der Waals surface area contributed by atoms with Gasteiger partial charge >= 0.3 is 0 Å². The lowest BCUT2D eigenvalue weighted by atomic mass is 10.4. The summed E-state index contributed by atoms with van der Waals surface area (Å²) < 4.78 is 1.33. The van der Waals surface area contributed by atoms with Crippen molar-refractivity contribution in [1.29, 1.82) is 0 Å². The predicted octanol–water partition coefficient (Wildman–Crippen LogP) is 2.14. The highest BCUT2D eigenvalue weighted by Gasteiger charge is 1.97. The van der Waals surface area contributed by atoms with Crippen molar-refractivity contribution in [1.82, 2.24) is 0 Å². The van der Waals surface area contributed by atoms with Gasteiger partial charge in [0.1, 0.15) is 0 Å². The number of thiophene rings is 1. The monoisotopic (exact) mass is 174 g/mol. The Kier molecular flexibility index (Phi) is 3.25. The first kappa shape index (κ1) is 8.11. The topological polar surface area (TPSA) is 20.2 Å². The highest BCUT2D eigenvalue weighted by atomic mass is 32.2. The van der Waals surface area contributed by atoms with Crippen LogP contribution in [-0.2, 0) is 0 Å². The third kappa shape index (κ3) is 2.01. The fourth-order valence-corrected chi connectivity index (χ4v) is 2.56. The van der Waals surface area contributed by atoms with Gasteiger partial charge in [-0.2, -0.15) is 0 Å². The van der Waals surface area contributed by atoms with Crippen LogP contribution < -0.4 is 0 Å². The van der Waals surface area contributed by atoms with E-state index in [4.69, 9.17) is 5.11 Å². The third-order valence-corrected chi connectivity index (χ3v) is 3.56. The van der Waals surface area contributed by atoms with E-state index in [1.165, 1.54) is 9.77 Å². The van der Waals surface area contributed by atoms with Gasteiger partial charge in [0, 0.05) is 5.75 Å². The minimum absolute atomic E-state index is 0.266. The van der Waals surface area contributed by atoms with E-state index in [9.17, 15) is 0 Å². The number of aliphatic hydroxyl groups excluding tert-OH is 1. The molecule has 1 nitrogen and oxygen atoms in total. The Morgan fingerprint density at radius 3 is 3.00 bits per heavy atom. The van der Waals surface area contributed by atoms with Crippen LogP contribution in [0.2, 0.25) is 0 Å². The predicted molar refractivity (Wildman–Crippen MR) is 46.9 cm³/mol. The SMILES string of the molecule is Cc1ccsc1SCCO. The molecule has 0 fully saturated rings. The second-order valence-corrected chi connectivity index (χ2v) is 4.24. The Balaban J connectivity index is 2.49. The maximum absolute atomic E-state index is 8.54. The average molecular weight is 174 g/mol. The largest absolute Gasteiger partial charge is 0.396 e. The molecule has 0 bridgehead atoms. The lowest BCUT2D eigenvalue weighted by Gasteiger charge is -1.94. The summed E-state index contributed by atoms with van der Waals surface area (Å²) >= 11 is 3.46. The molecule has 0 saturated carbocycles. The number of hydrogen-bond acceptors (Lipinski definition) is 3. The van der Waals surface area contributed by atoms with E-state index in [0.717, 1.165) is 5.75 Å². The van der Waals surface area contributed by atoms with Crippen LogP contribution in [0.25, 0.3) is 0 Å². The molecule has 1 N–H and O–H groups in total. The number of aryl methyl sites for hydroxylation is 1. The quantitative estimate of drug-likeness (QED) is 0.708. The van der Waals surface area contributed by atoms with E-state index in [1.54, 1.807) is 23.1 Å². The maximum Gasteiger partial charge on any atom is 0.0628 e. The van der Waals surface area contributed by atoms with Crippen LogP contribution in [0.3, 0.4) is 0 Å². The third-order valence-electron chi connectivity index (χ3n) is 1.14. The zero-order valence-electron chi connectivity index (χ0n) is 5.83. The maximum atomic E-state index is 8.54. The Hall–Kier alpha value is 0.01000. The van der Waals surface area contributed by atoms with E-state index < -0.39 is 0 Å². The van der Waals surface area contributed by atoms with Gasteiger partial charge in [-0.25, -0.2) is 0 Å². The lowest BCUT2D eigenvalue weighted by Crippen LogP contribution is -1.83. The summed E-state index contributed by atoms with van der Waals surface area (Å²) in [5.41, 5.74) is 1.32. The number of thioether (sulfide) groups is 1. The van der Waals surface area contributed by atoms with Gasteiger partial charge in [-0.3, -0.25) is 0 Å². The van der Waals surface area contributed by atoms with Gasteiger partial charge in [0.2, 0.25) is 0 Å². The summed E-state index contributed by atoms with van der Waals surface area (Å²) in [5.74, 6) is 0.807. The first-order valence-corrected chi connectivity index (χ1v) is 4.99. The van der Waals surface area contributed by atoms with Crippen molar-refractivity contribution in [3.63, 3.8) is 0 Å². The van der Waals surface area contributed by atoms with Crippen LogP contribution in [-0.4, -0.2) is 17.5 Å². The second-order valence-electron chi connectivity index (χ2n) is 1.96. The molecule has 0 aliphatic heterocycles. The average Bonchev–Trinajstić information content (AvgIpc) is 2.31. The van der Waals surface area contributed by atoms with Crippen LogP contribution in [0.5, 0.6) is 0 Å². The summed E-state index contributed by atoms with van der Waals surface area (Å²) in [5, 5.41) is 10.6. The van der Waals surface area contributed by atoms with Crippen molar-refractivity contribution < 1.29 is 5.11 Å². The molecule has 0 spiro atoms. The molecule has 1 rings (SSSR count). The molecule has 0 radical (unpaired) electrons. The Morgan fingerprint density at radius 1 is 1.70 bits per heavy atom. The molecule has 3 heteroatoms. The highest BCUT2D eigenvalue weighted by molar-refractivity contribution is 8.01. The van der Waals surface area contributed by atoms with Gasteiger partial charge in [0.05, 0.1) is 10.8 Å². The molecule has 0 aromatic carbocycles. The lowest BCUT2D eigenvalue weighted by molar-refractivity contribution is 0.322. The van der Waals surface area contributed by atoms with Crippen molar-refractivity contribution in [2.45, 2.75) is 11.1 Å². The molecule has 0 atom stereocenters. The summed E-state index contributed by atoms with van der Waals surface area (Å²) in [6.07, 6.45) is 0. The van der Waals surface area contributed by atoms with Gasteiger partial charge in [-0.05, 0) is 23.9 Å². The number of hydrogen-bond donors (Lipinski definition) is 1. The first-order valence-electron chi connectivity index (χ1n) is 3.12. The van der Waals surface area contributed by atoms with Crippen molar-refractivity contribution in [2.75, 3.05) is 12.4 Å². The minimum Gasteiger partial charge on any atom is -0.396 e. The molecule has 1 aromatic rings. The molecule has 0 saturated heterocycles. The standard InChI is InChI=1S/C7H10OS2/c1-6-2-4-9-7(6)10-5-3-8/h2,4,8H,3,5H2,1H3. The smallest absolute Gasteiger partial charge is 0.0628 e. The second kappa shape index (κ2) is 4.01. The summed E-state index contributed by atoms with van der Waals surface area (Å²) in [6.45, 7) is 2.36. The highest BCUT2D eigenvalue weighted by Crippen LogP contribution is 2.27. The summed E-state index contributed by atoms with van der Waals surface area (Å²) in [6, 6.07) is 2.10. The summed E-state index contributed by atoms with van der Waals surface area (Å²) in [4.78, 5) is 0. The number of rotatable bonds is 3. The van der Waals surface area contributed by atoms with E-state index in [0.29, 0.717) is 0 Å². The van der Waals surface area contributed by atoms with Gasteiger partial charge in [-0.1, -0.05) is 0 Å². The molecule has 0 unspecified atom stereocenters. The molecule has 1 aromatic heterocycles. The van der Waals surface area contributed by atoms with Crippen LogP contribution in [0.4, 0.5) is 0 Å². The molecule has 56 valence electrons. The van der Waals surface area contributed by atoms with Gasteiger partial charge in [0.25, 0.3) is 0 Å². The normalized spacial score (nSPS) is 10.2. The van der Waals surface area contributed by atoms with E-state index >= 15 is 0 Å². The Bertz CT molecular complexity index is 195. The molecular weight excluding hydrogens is 164 g/mol. The van der Waals surface area contributed by atoms with Crippen LogP contribution in [0.1, 0.15) is 5.56 Å². The molecule has 0 aliphatic rings. The zero-order valence-corrected chi connectivity index (χ0v) is 7.47. The minimum atomic E-state index is 0.266. The van der Waals surface area contributed by atoms with Crippen molar-refractivity contribution >= 4 is 23.1 Å². The molecule has 1 heterocycles. The van der Waals surface area contributed by atoms with Crippen molar-refractivity contribution in [3.05, 3.63) is 17.0 Å².